The number of esters is 3. The number of alkyl carbamates (subject to hydrolysis) is 3. The number of nitrogens with two attached hydrogens (primary N) is 3. The molecule has 16 N–H and O–H groups in total. The summed E-state index contributed by atoms with van der Waals surface area (Å²) in [5.74, 6) is -1.90. The Bertz CT molecular complexity index is 2290. The number of carbonyl (C=O) groups is 9. The number of amides is 6. The third-order valence-corrected chi connectivity index (χ3v) is 17.4. The molecule has 3 aliphatic heterocycles. The second-order valence-electron chi connectivity index (χ2n) is 26.5. The molecular weight excluding hydrogens is 1340 g/mol. The molecule has 0 spiro atoms. The molecule has 13 unspecified atom stereocenters. The van der Waals surface area contributed by atoms with Gasteiger partial charge in [-0.1, -0.05) is 45.4 Å². The summed E-state index contributed by atoms with van der Waals surface area (Å²) in [7, 11) is 0. The third kappa shape index (κ3) is 42.2. The summed E-state index contributed by atoms with van der Waals surface area (Å²) < 4.78 is 65.5. The highest BCUT2D eigenvalue weighted by Gasteiger charge is 2.44. The zero-order valence-corrected chi connectivity index (χ0v) is 60.6. The highest BCUT2D eigenvalue weighted by Crippen LogP contribution is 2.35. The second kappa shape index (κ2) is 53.8. The van der Waals surface area contributed by atoms with E-state index in [4.69, 9.17) is 74.0 Å². The first kappa shape index (κ1) is 90.3. The molecule has 0 aromatic heterocycles. The molecule has 34 heteroatoms. The number of aliphatic hydroxyl groups is 4. The largest absolute Gasteiger partial charge is 0.463 e. The van der Waals surface area contributed by atoms with Crippen LogP contribution in [0.4, 0.5) is 14.4 Å². The lowest BCUT2D eigenvalue weighted by atomic mass is 9.77. The number of hydrogen-bond donors (Lipinski definition) is 13. The monoisotopic (exact) mass is 1470 g/mol. The van der Waals surface area contributed by atoms with Crippen molar-refractivity contribution in [3.05, 3.63) is 0 Å². The van der Waals surface area contributed by atoms with Crippen LogP contribution in [-0.2, 0) is 85.6 Å². The van der Waals surface area contributed by atoms with Gasteiger partial charge in [0.25, 0.3) is 0 Å². The van der Waals surface area contributed by atoms with E-state index >= 15 is 0 Å². The van der Waals surface area contributed by atoms with Crippen LogP contribution in [0.3, 0.4) is 0 Å². The molecule has 34 nitrogen and oxygen atoms in total. The lowest BCUT2D eigenvalue weighted by Crippen LogP contribution is -2.62. The summed E-state index contributed by atoms with van der Waals surface area (Å²) >= 11 is 0. The first-order chi connectivity index (χ1) is 48.9. The van der Waals surface area contributed by atoms with Gasteiger partial charge in [-0.05, 0) is 102 Å². The van der Waals surface area contributed by atoms with Crippen LogP contribution < -0.4 is 49.1 Å². The van der Waals surface area contributed by atoms with Crippen molar-refractivity contribution in [3.63, 3.8) is 0 Å². The minimum Gasteiger partial charge on any atom is -0.463 e. The number of ether oxygens (including phenoxy) is 12. The highest BCUT2D eigenvalue weighted by atomic mass is 16.7. The molecule has 0 aliphatic carbocycles. The van der Waals surface area contributed by atoms with E-state index in [1.54, 1.807) is 0 Å². The predicted octanol–water partition coefficient (Wildman–Crippen LogP) is 2.00. The first-order valence-corrected chi connectivity index (χ1v) is 36.6. The number of rotatable bonds is 54. The summed E-state index contributed by atoms with van der Waals surface area (Å²) in [6, 6.07) is -2.59. The van der Waals surface area contributed by atoms with Crippen LogP contribution in [0.25, 0.3) is 0 Å². The molecule has 0 radical (unpaired) electrons. The maximum absolute atomic E-state index is 12.6. The van der Waals surface area contributed by atoms with Crippen LogP contribution >= 0.6 is 0 Å². The van der Waals surface area contributed by atoms with Crippen molar-refractivity contribution in [1.29, 1.82) is 0 Å². The maximum Gasteiger partial charge on any atom is 0.407 e. The Morgan fingerprint density at radius 1 is 0.373 bits per heavy atom. The van der Waals surface area contributed by atoms with Gasteiger partial charge in [-0.25, -0.2) is 14.4 Å². The van der Waals surface area contributed by atoms with Crippen molar-refractivity contribution in [1.82, 2.24) is 31.9 Å². The van der Waals surface area contributed by atoms with Gasteiger partial charge in [0.2, 0.25) is 17.7 Å². The molecule has 0 bridgehead atoms. The first-order valence-electron chi connectivity index (χ1n) is 36.6. The molecule has 0 aromatic rings. The molecule has 0 saturated carbocycles. The molecule has 13 atom stereocenters. The van der Waals surface area contributed by atoms with E-state index < -0.39 is 116 Å². The van der Waals surface area contributed by atoms with E-state index in [1.165, 1.54) is 20.8 Å². The zero-order chi connectivity index (χ0) is 74.9. The average molecular weight is 1470 g/mol. The molecule has 3 heterocycles. The Balaban J connectivity index is 1.28. The maximum atomic E-state index is 12.6. The normalized spacial score (nSPS) is 23.9. The van der Waals surface area contributed by atoms with Crippen LogP contribution in [0.5, 0.6) is 0 Å². The van der Waals surface area contributed by atoms with E-state index in [-0.39, 0.29) is 115 Å². The molecular formula is C68H123N9O25. The van der Waals surface area contributed by atoms with Crippen LogP contribution in [0.15, 0.2) is 0 Å². The minimum atomic E-state index is -1.36. The van der Waals surface area contributed by atoms with Gasteiger partial charge in [0.1, 0.15) is 38.1 Å². The lowest BCUT2D eigenvalue weighted by Gasteiger charge is -2.40. The van der Waals surface area contributed by atoms with Crippen LogP contribution in [0, 0.1) is 5.41 Å². The number of aliphatic hydroxyl groups excluding tert-OH is 4. The molecule has 3 aliphatic rings. The van der Waals surface area contributed by atoms with Gasteiger partial charge in [-0.3, -0.25) is 28.8 Å². The second-order valence-corrected chi connectivity index (χ2v) is 26.5. The van der Waals surface area contributed by atoms with Gasteiger partial charge in [0.05, 0.1) is 82.2 Å². The van der Waals surface area contributed by atoms with Crippen molar-refractivity contribution in [2.45, 2.75) is 274 Å². The average Bonchev–Trinajstić information content (AvgIpc) is 0.675. The van der Waals surface area contributed by atoms with Crippen molar-refractivity contribution in [2.75, 3.05) is 98.7 Å². The summed E-state index contributed by atoms with van der Waals surface area (Å²) in [4.78, 5) is 108. The zero-order valence-electron chi connectivity index (χ0n) is 60.6. The van der Waals surface area contributed by atoms with Gasteiger partial charge >= 0.3 is 36.2 Å². The molecule has 3 saturated heterocycles. The van der Waals surface area contributed by atoms with Crippen LogP contribution in [0.1, 0.15) is 195 Å². The molecule has 3 rings (SSSR count). The lowest BCUT2D eigenvalue weighted by molar-refractivity contribution is -0.267. The Hall–Kier alpha value is -5.89. The number of carbonyl (C=O) groups excluding carboxylic acids is 9. The smallest absolute Gasteiger partial charge is 0.407 e. The molecule has 590 valence electrons. The molecule has 6 amide bonds. The fraction of sp³-hybridized carbons (Fsp3) is 0.868. The number of hydrogen-bond acceptors (Lipinski definition) is 28. The fourth-order valence-corrected chi connectivity index (χ4v) is 11.4. The van der Waals surface area contributed by atoms with E-state index in [1.807, 2.05) is 0 Å². The van der Waals surface area contributed by atoms with Gasteiger partial charge < -0.3 is 126 Å². The summed E-state index contributed by atoms with van der Waals surface area (Å²) in [5, 5.41) is 58.1. The van der Waals surface area contributed by atoms with E-state index in [2.05, 4.69) is 38.8 Å². The third-order valence-electron chi connectivity index (χ3n) is 17.4. The van der Waals surface area contributed by atoms with Crippen molar-refractivity contribution < 1.29 is 120 Å². The summed E-state index contributed by atoms with van der Waals surface area (Å²) in [5.41, 5.74) is 17.7. The predicted molar refractivity (Wildman–Crippen MR) is 367 cm³/mol. The quantitative estimate of drug-likeness (QED) is 0.0235. The Kier molecular flexibility index (Phi) is 47.7. The molecule has 0 aromatic carbocycles. The SMILES string of the molecule is CC(=O)OCC1CC(O)C(N)C(OCCCC(=O)NCCCCCCNC(=O)OCCCC(C)(CCCOC(=O)NCCCCCCNC(=O)CCCOC2OC(COC(C)=O)CC(O)C2N)CCCOC(=O)NCCCCCCNC(=O)CCCOC2OC(COC(C)=O)C(O)C(O)C2N)O1. The van der Waals surface area contributed by atoms with Crippen LogP contribution in [-0.4, -0.2) is 253 Å². The van der Waals surface area contributed by atoms with Gasteiger partial charge in [0.15, 0.2) is 18.9 Å². The van der Waals surface area contributed by atoms with E-state index in [0.717, 1.165) is 70.6 Å². The van der Waals surface area contributed by atoms with E-state index in [9.17, 15) is 63.6 Å². The topological polar surface area (TPSA) is 496 Å². The van der Waals surface area contributed by atoms with E-state index in [0.29, 0.717) is 103 Å². The fourth-order valence-electron chi connectivity index (χ4n) is 11.4. The summed E-state index contributed by atoms with van der Waals surface area (Å²) in [6.07, 6.45) is 4.42. The Morgan fingerprint density at radius 3 is 1.00 bits per heavy atom. The highest BCUT2D eigenvalue weighted by molar-refractivity contribution is 5.76. The van der Waals surface area contributed by atoms with Crippen LogP contribution in [0.2, 0.25) is 0 Å². The van der Waals surface area contributed by atoms with Crippen molar-refractivity contribution in [3.8, 4) is 0 Å². The van der Waals surface area contributed by atoms with Gasteiger partial charge in [-0.2, -0.15) is 0 Å². The standard InChI is InChI=1S/C68H123N9O25/c1-46(78)97-43-49-41-51(81)57(69)62(100-49)91-35-17-23-54(83)72-29-11-5-8-14-32-75-65(88)94-38-20-26-68(4,27-21-39-95-66(89)76-33-15-9-6-12-30-73-55(84)24-18-36-92-63-58(70)52(82)42-50(101-63)44-98-47(2)79)28-22-40-96-67(90)77-34-16-10-7-13-31-74-56(85)25-19-37-93-64-59(71)61(87)60(86)53(102-64)45-99-48(3)80/h49-53,57-64,81-82,86-87H,5-45,69-71H2,1-4H3,(H,72,83)(H,73,84)(H,74,85)(H,75,88)(H,76,89)(H,77,90). The van der Waals surface area contributed by atoms with Crippen molar-refractivity contribution >= 4 is 53.9 Å². The minimum absolute atomic E-state index is 0.0191. The Labute approximate surface area is 599 Å². The van der Waals surface area contributed by atoms with Crippen molar-refractivity contribution in [2.24, 2.45) is 22.6 Å². The molecule has 3 fully saturated rings. The number of nitrogens with one attached hydrogen (secondary N) is 6. The Morgan fingerprint density at radius 2 is 0.676 bits per heavy atom. The van der Waals surface area contributed by atoms with Gasteiger partial charge in [0, 0.05) is 92.1 Å². The molecule has 102 heavy (non-hydrogen) atoms. The van der Waals surface area contributed by atoms with Gasteiger partial charge in [-0.15, -0.1) is 0 Å². The summed E-state index contributed by atoms with van der Waals surface area (Å²) in [6.45, 7) is 9.37. The number of unbranched alkanes of at least 4 members (excludes halogenated alkanes) is 9.